The maximum Gasteiger partial charge on any atom is 0.165 e. The van der Waals surface area contributed by atoms with Crippen LogP contribution in [0.1, 0.15) is 32.1 Å². The van der Waals surface area contributed by atoms with Gasteiger partial charge in [-0.1, -0.05) is 31.4 Å². The van der Waals surface area contributed by atoms with E-state index >= 15 is 0 Å². The minimum atomic E-state index is -0.280. The summed E-state index contributed by atoms with van der Waals surface area (Å²) in [4.78, 5) is 2.35. The molecule has 0 heterocycles. The molecule has 0 bridgehead atoms. The molecule has 0 aliphatic heterocycles. The van der Waals surface area contributed by atoms with Crippen LogP contribution in [0.3, 0.4) is 0 Å². The first kappa shape index (κ1) is 13.3. The Morgan fingerprint density at radius 2 is 1.94 bits per heavy atom. The summed E-state index contributed by atoms with van der Waals surface area (Å²) < 4.78 is 18.8. The van der Waals surface area contributed by atoms with Gasteiger partial charge in [-0.3, -0.25) is 0 Å². The number of hydrogen-bond donors (Lipinski definition) is 0. The summed E-state index contributed by atoms with van der Waals surface area (Å²) >= 11 is 0. The molecular formula is C15H22FNO. The molecule has 1 aliphatic rings. The second kappa shape index (κ2) is 6.74. The van der Waals surface area contributed by atoms with Gasteiger partial charge in [0, 0.05) is 12.6 Å². The summed E-state index contributed by atoms with van der Waals surface area (Å²) in [5.74, 6) is 0.0763. The Morgan fingerprint density at radius 1 is 1.22 bits per heavy atom. The minimum Gasteiger partial charge on any atom is -0.489 e. The predicted octanol–water partition coefficient (Wildman–Crippen LogP) is 3.47. The van der Waals surface area contributed by atoms with Crippen LogP contribution in [-0.4, -0.2) is 31.1 Å². The van der Waals surface area contributed by atoms with Crippen molar-refractivity contribution in [2.75, 3.05) is 20.2 Å². The third kappa shape index (κ3) is 3.70. The van der Waals surface area contributed by atoms with Crippen molar-refractivity contribution < 1.29 is 9.13 Å². The van der Waals surface area contributed by atoms with Crippen LogP contribution in [0.2, 0.25) is 0 Å². The SMILES string of the molecule is CN(CCOc1ccccc1F)C1CCCCC1. The highest BCUT2D eigenvalue weighted by atomic mass is 19.1. The molecule has 2 rings (SSSR count). The Balaban J connectivity index is 1.73. The summed E-state index contributed by atoms with van der Waals surface area (Å²) in [5, 5.41) is 0. The Bertz CT molecular complexity index is 363. The summed E-state index contributed by atoms with van der Waals surface area (Å²) in [7, 11) is 2.14. The Labute approximate surface area is 109 Å². The molecule has 0 saturated heterocycles. The van der Waals surface area contributed by atoms with Gasteiger partial charge in [0.15, 0.2) is 11.6 Å². The molecule has 3 heteroatoms. The lowest BCUT2D eigenvalue weighted by Gasteiger charge is -2.31. The summed E-state index contributed by atoms with van der Waals surface area (Å²) in [6.45, 7) is 1.41. The van der Waals surface area contributed by atoms with Crippen molar-refractivity contribution in [3.8, 4) is 5.75 Å². The minimum absolute atomic E-state index is 0.280. The number of rotatable bonds is 5. The fraction of sp³-hybridized carbons (Fsp3) is 0.600. The molecule has 0 amide bonds. The summed E-state index contributed by atoms with van der Waals surface area (Å²) in [6.07, 6.45) is 6.62. The van der Waals surface area contributed by atoms with Gasteiger partial charge in [-0.05, 0) is 32.0 Å². The first-order chi connectivity index (χ1) is 8.77. The van der Waals surface area contributed by atoms with Gasteiger partial charge in [-0.15, -0.1) is 0 Å². The third-order valence-corrected chi connectivity index (χ3v) is 3.74. The number of benzene rings is 1. The summed E-state index contributed by atoms with van der Waals surface area (Å²) in [5.41, 5.74) is 0. The van der Waals surface area contributed by atoms with Gasteiger partial charge in [0.2, 0.25) is 0 Å². The highest BCUT2D eigenvalue weighted by molar-refractivity contribution is 5.23. The van der Waals surface area contributed by atoms with Crippen LogP contribution in [0.15, 0.2) is 24.3 Å². The molecule has 1 aromatic carbocycles. The van der Waals surface area contributed by atoms with E-state index in [1.165, 1.54) is 38.2 Å². The van der Waals surface area contributed by atoms with Crippen molar-refractivity contribution >= 4 is 0 Å². The fourth-order valence-corrected chi connectivity index (χ4v) is 2.57. The van der Waals surface area contributed by atoms with Crippen molar-refractivity contribution in [1.29, 1.82) is 0 Å². The zero-order valence-corrected chi connectivity index (χ0v) is 11.1. The first-order valence-electron chi connectivity index (χ1n) is 6.85. The standard InChI is InChI=1S/C15H22FNO/c1-17(13-7-3-2-4-8-13)11-12-18-15-10-6-5-9-14(15)16/h5-6,9-10,13H,2-4,7-8,11-12H2,1H3. The van der Waals surface area contributed by atoms with Crippen LogP contribution in [0.4, 0.5) is 4.39 Å². The van der Waals surface area contributed by atoms with E-state index in [9.17, 15) is 4.39 Å². The molecule has 0 N–H and O–H groups in total. The number of hydrogen-bond acceptors (Lipinski definition) is 2. The number of para-hydroxylation sites is 1. The van der Waals surface area contributed by atoms with Crippen LogP contribution < -0.4 is 4.74 Å². The topological polar surface area (TPSA) is 12.5 Å². The lowest BCUT2D eigenvalue weighted by atomic mass is 9.94. The molecule has 0 atom stereocenters. The molecule has 1 saturated carbocycles. The predicted molar refractivity (Wildman–Crippen MR) is 71.4 cm³/mol. The summed E-state index contributed by atoms with van der Waals surface area (Å²) in [6, 6.07) is 7.26. The maximum atomic E-state index is 13.3. The third-order valence-electron chi connectivity index (χ3n) is 3.74. The number of likely N-dealkylation sites (N-methyl/N-ethyl adjacent to an activating group) is 1. The quantitative estimate of drug-likeness (QED) is 0.794. The molecule has 0 unspecified atom stereocenters. The van der Waals surface area contributed by atoms with E-state index in [-0.39, 0.29) is 5.82 Å². The van der Waals surface area contributed by atoms with Crippen LogP contribution in [-0.2, 0) is 0 Å². The Morgan fingerprint density at radius 3 is 2.67 bits per heavy atom. The van der Waals surface area contributed by atoms with Crippen molar-refractivity contribution in [1.82, 2.24) is 4.90 Å². The van der Waals surface area contributed by atoms with E-state index in [1.807, 2.05) is 0 Å². The van der Waals surface area contributed by atoms with E-state index in [4.69, 9.17) is 4.74 Å². The van der Waals surface area contributed by atoms with Gasteiger partial charge < -0.3 is 9.64 Å². The van der Waals surface area contributed by atoms with E-state index < -0.39 is 0 Å². The van der Waals surface area contributed by atoms with Crippen LogP contribution in [0, 0.1) is 5.82 Å². The van der Waals surface area contributed by atoms with Gasteiger partial charge in [-0.25, -0.2) is 4.39 Å². The smallest absolute Gasteiger partial charge is 0.165 e. The van der Waals surface area contributed by atoms with Crippen LogP contribution in [0.5, 0.6) is 5.75 Å². The van der Waals surface area contributed by atoms with E-state index in [1.54, 1.807) is 18.2 Å². The maximum absolute atomic E-state index is 13.3. The number of halogens is 1. The molecule has 2 nitrogen and oxygen atoms in total. The first-order valence-corrected chi connectivity index (χ1v) is 6.85. The lowest BCUT2D eigenvalue weighted by Crippen LogP contribution is -2.36. The molecule has 0 spiro atoms. The molecule has 0 aromatic heterocycles. The van der Waals surface area contributed by atoms with Crippen LogP contribution in [0.25, 0.3) is 0 Å². The molecule has 100 valence electrons. The molecular weight excluding hydrogens is 229 g/mol. The molecule has 1 fully saturated rings. The van der Waals surface area contributed by atoms with Crippen LogP contribution >= 0.6 is 0 Å². The zero-order valence-electron chi connectivity index (χ0n) is 11.1. The number of nitrogens with zero attached hydrogens (tertiary/aromatic N) is 1. The second-order valence-corrected chi connectivity index (χ2v) is 5.05. The Kier molecular flexibility index (Phi) is 5.00. The highest BCUT2D eigenvalue weighted by Crippen LogP contribution is 2.21. The average molecular weight is 251 g/mol. The van der Waals surface area contributed by atoms with Gasteiger partial charge >= 0.3 is 0 Å². The van der Waals surface area contributed by atoms with Crippen molar-refractivity contribution in [2.45, 2.75) is 38.1 Å². The van der Waals surface area contributed by atoms with Gasteiger partial charge in [0.1, 0.15) is 6.61 Å². The van der Waals surface area contributed by atoms with Gasteiger partial charge in [0.05, 0.1) is 0 Å². The van der Waals surface area contributed by atoms with Gasteiger partial charge in [0.25, 0.3) is 0 Å². The molecule has 0 radical (unpaired) electrons. The van der Waals surface area contributed by atoms with Crippen molar-refractivity contribution in [3.05, 3.63) is 30.1 Å². The van der Waals surface area contributed by atoms with Crippen molar-refractivity contribution in [3.63, 3.8) is 0 Å². The highest BCUT2D eigenvalue weighted by Gasteiger charge is 2.17. The van der Waals surface area contributed by atoms with Crippen molar-refractivity contribution in [2.24, 2.45) is 0 Å². The zero-order chi connectivity index (χ0) is 12.8. The van der Waals surface area contributed by atoms with E-state index in [2.05, 4.69) is 11.9 Å². The average Bonchev–Trinajstić information content (AvgIpc) is 2.42. The fourth-order valence-electron chi connectivity index (χ4n) is 2.57. The second-order valence-electron chi connectivity index (χ2n) is 5.05. The monoisotopic (exact) mass is 251 g/mol. The van der Waals surface area contributed by atoms with E-state index in [0.717, 1.165) is 6.54 Å². The largest absolute Gasteiger partial charge is 0.489 e. The normalized spacial score (nSPS) is 17.1. The molecule has 1 aromatic rings. The molecule has 1 aliphatic carbocycles. The number of ether oxygens (including phenoxy) is 1. The van der Waals surface area contributed by atoms with E-state index in [0.29, 0.717) is 18.4 Å². The van der Waals surface area contributed by atoms with Gasteiger partial charge in [-0.2, -0.15) is 0 Å². The Hall–Kier alpha value is -1.09. The molecule has 18 heavy (non-hydrogen) atoms. The lowest BCUT2D eigenvalue weighted by molar-refractivity contribution is 0.158.